The zero-order chi connectivity index (χ0) is 9.97. The van der Waals surface area contributed by atoms with Crippen LogP contribution in [-0.4, -0.2) is 18.3 Å². The Kier molecular flexibility index (Phi) is 2.50. The van der Waals surface area contributed by atoms with E-state index in [0.29, 0.717) is 12.4 Å². The van der Waals surface area contributed by atoms with Crippen LogP contribution in [0.1, 0.15) is 12.0 Å². The lowest BCUT2D eigenvalue weighted by atomic mass is 9.99. The van der Waals surface area contributed by atoms with Gasteiger partial charge in [0.05, 0.1) is 13.2 Å². The van der Waals surface area contributed by atoms with Crippen molar-refractivity contribution in [2.24, 2.45) is 0 Å². The summed E-state index contributed by atoms with van der Waals surface area (Å²) in [6, 6.07) is 4.83. The molecule has 0 aliphatic carbocycles. The summed E-state index contributed by atoms with van der Waals surface area (Å²) in [4.78, 5) is 0. The van der Waals surface area contributed by atoms with Gasteiger partial charge in [-0.05, 0) is 11.6 Å². The molecule has 3 heteroatoms. The van der Waals surface area contributed by atoms with Gasteiger partial charge in [0.2, 0.25) is 0 Å². The molecule has 2 rings (SSSR count). The van der Waals surface area contributed by atoms with Crippen LogP contribution in [0.3, 0.4) is 0 Å². The summed E-state index contributed by atoms with van der Waals surface area (Å²) in [5, 5.41) is 8.80. The molecule has 0 radical (unpaired) electrons. The van der Waals surface area contributed by atoms with Crippen LogP contribution in [0.4, 0.5) is 4.39 Å². The summed E-state index contributed by atoms with van der Waals surface area (Å²) in [5.41, 5.74) is 1.71. The Hall–Kier alpha value is -1.35. The van der Waals surface area contributed by atoms with Crippen LogP contribution < -0.4 is 4.74 Å². The highest BCUT2D eigenvalue weighted by Gasteiger charge is 2.17. The van der Waals surface area contributed by atoms with Crippen LogP contribution in [0, 0.1) is 5.82 Å². The van der Waals surface area contributed by atoms with Gasteiger partial charge in [-0.15, -0.1) is 0 Å². The van der Waals surface area contributed by atoms with Crippen LogP contribution in [0.5, 0.6) is 5.75 Å². The predicted molar refractivity (Wildman–Crippen MR) is 51.6 cm³/mol. The van der Waals surface area contributed by atoms with Gasteiger partial charge in [0, 0.05) is 12.0 Å². The summed E-state index contributed by atoms with van der Waals surface area (Å²) >= 11 is 0. The van der Waals surface area contributed by atoms with Gasteiger partial charge in [-0.3, -0.25) is 0 Å². The fourth-order valence-corrected chi connectivity index (χ4v) is 1.63. The molecular formula is C11H11FO2. The molecular weight excluding hydrogens is 183 g/mol. The van der Waals surface area contributed by atoms with E-state index in [0.717, 1.165) is 17.6 Å². The standard InChI is InChI=1S/C11H11FO2/c12-10-3-1-2-9-8(4-6-13)5-7-14-11(9)10/h1-4,13H,5-7H2/b8-4+. The Morgan fingerprint density at radius 2 is 2.36 bits per heavy atom. The maximum absolute atomic E-state index is 13.3. The second-order valence-electron chi connectivity index (χ2n) is 3.13. The highest BCUT2D eigenvalue weighted by molar-refractivity contribution is 5.72. The van der Waals surface area contributed by atoms with E-state index in [1.807, 2.05) is 0 Å². The number of halogens is 1. The Morgan fingerprint density at radius 1 is 1.50 bits per heavy atom. The average molecular weight is 194 g/mol. The highest BCUT2D eigenvalue weighted by atomic mass is 19.1. The quantitative estimate of drug-likeness (QED) is 0.740. The molecule has 2 nitrogen and oxygen atoms in total. The van der Waals surface area contributed by atoms with Gasteiger partial charge >= 0.3 is 0 Å². The number of fused-ring (bicyclic) bond motifs is 1. The van der Waals surface area contributed by atoms with Gasteiger partial charge in [0.1, 0.15) is 0 Å². The molecule has 0 unspecified atom stereocenters. The number of ether oxygens (including phenoxy) is 1. The first-order valence-electron chi connectivity index (χ1n) is 4.54. The summed E-state index contributed by atoms with van der Waals surface area (Å²) in [7, 11) is 0. The minimum absolute atomic E-state index is 0.0225. The van der Waals surface area contributed by atoms with Crippen molar-refractivity contribution in [2.75, 3.05) is 13.2 Å². The molecule has 1 aromatic rings. The number of hydrogen-bond acceptors (Lipinski definition) is 2. The third-order valence-electron chi connectivity index (χ3n) is 2.27. The van der Waals surface area contributed by atoms with Crippen LogP contribution in [-0.2, 0) is 0 Å². The minimum Gasteiger partial charge on any atom is -0.490 e. The molecule has 1 aromatic carbocycles. The molecule has 0 fully saturated rings. The smallest absolute Gasteiger partial charge is 0.165 e. The molecule has 1 aliphatic rings. The Morgan fingerprint density at radius 3 is 3.14 bits per heavy atom. The highest BCUT2D eigenvalue weighted by Crippen LogP contribution is 2.34. The number of hydrogen-bond donors (Lipinski definition) is 1. The van der Waals surface area contributed by atoms with Crippen LogP contribution in [0.25, 0.3) is 5.57 Å². The molecule has 0 aromatic heterocycles. The van der Waals surface area contributed by atoms with E-state index in [1.54, 1.807) is 18.2 Å². The molecule has 14 heavy (non-hydrogen) atoms. The monoisotopic (exact) mass is 194 g/mol. The summed E-state index contributed by atoms with van der Waals surface area (Å²) in [6.07, 6.45) is 2.41. The van der Waals surface area contributed by atoms with E-state index in [2.05, 4.69) is 0 Å². The van der Waals surface area contributed by atoms with Gasteiger partial charge < -0.3 is 9.84 Å². The van der Waals surface area contributed by atoms with Crippen molar-refractivity contribution in [2.45, 2.75) is 6.42 Å². The summed E-state index contributed by atoms with van der Waals surface area (Å²) < 4.78 is 18.5. The fourth-order valence-electron chi connectivity index (χ4n) is 1.63. The molecule has 0 saturated heterocycles. The molecule has 0 spiro atoms. The summed E-state index contributed by atoms with van der Waals surface area (Å²) in [5.74, 6) is -0.0375. The van der Waals surface area contributed by atoms with Gasteiger partial charge in [-0.2, -0.15) is 0 Å². The topological polar surface area (TPSA) is 29.5 Å². The third-order valence-corrected chi connectivity index (χ3v) is 2.27. The van der Waals surface area contributed by atoms with Crippen molar-refractivity contribution in [1.82, 2.24) is 0 Å². The van der Waals surface area contributed by atoms with Crippen LogP contribution in [0.15, 0.2) is 24.3 Å². The number of aliphatic hydroxyl groups is 1. The zero-order valence-corrected chi connectivity index (χ0v) is 7.66. The second kappa shape index (κ2) is 3.80. The fraction of sp³-hybridized carbons (Fsp3) is 0.273. The first-order chi connectivity index (χ1) is 6.83. The molecule has 1 heterocycles. The Bertz CT molecular complexity index is 372. The second-order valence-corrected chi connectivity index (χ2v) is 3.13. The average Bonchev–Trinajstić information content (AvgIpc) is 2.20. The maximum atomic E-state index is 13.3. The Balaban J connectivity index is 2.50. The lowest BCUT2D eigenvalue weighted by Crippen LogP contribution is -2.09. The number of para-hydroxylation sites is 1. The largest absolute Gasteiger partial charge is 0.490 e. The normalized spacial score (nSPS) is 17.7. The molecule has 0 amide bonds. The molecule has 74 valence electrons. The van der Waals surface area contributed by atoms with Gasteiger partial charge in [0.25, 0.3) is 0 Å². The Labute approximate surface area is 81.6 Å². The lowest BCUT2D eigenvalue weighted by Gasteiger charge is -2.20. The van der Waals surface area contributed by atoms with E-state index >= 15 is 0 Å². The third kappa shape index (κ3) is 1.51. The number of aliphatic hydroxyl groups excluding tert-OH is 1. The van der Waals surface area contributed by atoms with E-state index in [4.69, 9.17) is 9.84 Å². The van der Waals surface area contributed by atoms with Crippen molar-refractivity contribution in [1.29, 1.82) is 0 Å². The van der Waals surface area contributed by atoms with E-state index < -0.39 is 0 Å². The summed E-state index contributed by atoms with van der Waals surface area (Å²) in [6.45, 7) is 0.449. The lowest BCUT2D eigenvalue weighted by molar-refractivity contribution is 0.298. The van der Waals surface area contributed by atoms with Crippen LogP contribution in [0.2, 0.25) is 0 Å². The molecule has 0 atom stereocenters. The van der Waals surface area contributed by atoms with Gasteiger partial charge in [-0.25, -0.2) is 4.39 Å². The van der Waals surface area contributed by atoms with Crippen molar-refractivity contribution in [3.05, 3.63) is 35.7 Å². The van der Waals surface area contributed by atoms with Crippen molar-refractivity contribution in [3.63, 3.8) is 0 Å². The molecule has 1 aliphatic heterocycles. The number of benzene rings is 1. The van der Waals surface area contributed by atoms with E-state index in [-0.39, 0.29) is 12.4 Å². The van der Waals surface area contributed by atoms with Crippen molar-refractivity contribution >= 4 is 5.57 Å². The van der Waals surface area contributed by atoms with E-state index in [9.17, 15) is 4.39 Å². The molecule has 0 saturated carbocycles. The maximum Gasteiger partial charge on any atom is 0.165 e. The predicted octanol–water partition coefficient (Wildman–Crippen LogP) is 1.98. The van der Waals surface area contributed by atoms with Gasteiger partial charge in [0.15, 0.2) is 11.6 Å². The number of rotatable bonds is 1. The molecule has 1 N–H and O–H groups in total. The van der Waals surface area contributed by atoms with E-state index in [1.165, 1.54) is 6.07 Å². The zero-order valence-electron chi connectivity index (χ0n) is 7.66. The van der Waals surface area contributed by atoms with Crippen molar-refractivity contribution < 1.29 is 14.2 Å². The first-order valence-corrected chi connectivity index (χ1v) is 4.54. The minimum atomic E-state index is -0.342. The van der Waals surface area contributed by atoms with Gasteiger partial charge in [-0.1, -0.05) is 18.2 Å². The van der Waals surface area contributed by atoms with Crippen LogP contribution >= 0.6 is 0 Å². The van der Waals surface area contributed by atoms with Crippen molar-refractivity contribution in [3.8, 4) is 5.75 Å². The molecule has 0 bridgehead atoms. The SMILES string of the molecule is OC/C=C1\CCOc2c(F)cccc21. The first kappa shape index (κ1) is 9.21.